The molecule has 1 N–H and O–H groups in total. The van der Waals surface area contributed by atoms with Crippen LogP contribution < -0.4 is 5.32 Å². The first kappa shape index (κ1) is 16.5. The SMILES string of the molecule is CCC1(CC)CC(NC(=O)c2nc(Cl)ccc2Cl)CCO1. The third-order valence-corrected chi connectivity index (χ3v) is 4.66. The Morgan fingerprint density at radius 2 is 2.14 bits per heavy atom. The first-order valence-corrected chi connectivity index (χ1v) is 8.02. The van der Waals surface area contributed by atoms with Crippen molar-refractivity contribution in [3.05, 3.63) is 28.0 Å². The maximum atomic E-state index is 12.3. The van der Waals surface area contributed by atoms with Crippen LogP contribution in [-0.4, -0.2) is 29.1 Å². The van der Waals surface area contributed by atoms with E-state index in [2.05, 4.69) is 24.1 Å². The second kappa shape index (κ2) is 6.95. The Bertz CT molecular complexity index is 518. The molecule has 2 heterocycles. The van der Waals surface area contributed by atoms with Crippen molar-refractivity contribution in [2.75, 3.05) is 6.61 Å². The van der Waals surface area contributed by atoms with E-state index in [4.69, 9.17) is 27.9 Å². The number of halogens is 2. The summed E-state index contributed by atoms with van der Waals surface area (Å²) in [5, 5.41) is 3.57. The van der Waals surface area contributed by atoms with Crippen LogP contribution in [0, 0.1) is 0 Å². The fraction of sp³-hybridized carbons (Fsp3) is 0.600. The maximum Gasteiger partial charge on any atom is 0.271 e. The van der Waals surface area contributed by atoms with Crippen LogP contribution in [-0.2, 0) is 4.74 Å². The van der Waals surface area contributed by atoms with E-state index in [1.54, 1.807) is 12.1 Å². The quantitative estimate of drug-likeness (QED) is 0.853. The van der Waals surface area contributed by atoms with Gasteiger partial charge in [0.15, 0.2) is 0 Å². The molecule has 1 unspecified atom stereocenters. The van der Waals surface area contributed by atoms with Crippen LogP contribution in [0.3, 0.4) is 0 Å². The lowest BCUT2D eigenvalue weighted by molar-refractivity contribution is -0.0917. The summed E-state index contributed by atoms with van der Waals surface area (Å²) in [4.78, 5) is 16.3. The Morgan fingerprint density at radius 1 is 1.43 bits per heavy atom. The van der Waals surface area contributed by atoms with Crippen molar-refractivity contribution in [3.63, 3.8) is 0 Å². The molecule has 1 saturated heterocycles. The van der Waals surface area contributed by atoms with Crippen LogP contribution in [0.2, 0.25) is 10.2 Å². The van der Waals surface area contributed by atoms with Gasteiger partial charge >= 0.3 is 0 Å². The summed E-state index contributed by atoms with van der Waals surface area (Å²) in [5.41, 5.74) is 0.0381. The van der Waals surface area contributed by atoms with Gasteiger partial charge < -0.3 is 10.1 Å². The third-order valence-electron chi connectivity index (χ3n) is 4.14. The van der Waals surface area contributed by atoms with Gasteiger partial charge in [-0.2, -0.15) is 0 Å². The lowest BCUT2D eigenvalue weighted by Crippen LogP contribution is -2.48. The van der Waals surface area contributed by atoms with Gasteiger partial charge in [0.05, 0.1) is 10.6 Å². The summed E-state index contributed by atoms with van der Waals surface area (Å²) < 4.78 is 5.91. The molecule has 1 atom stereocenters. The van der Waals surface area contributed by atoms with E-state index >= 15 is 0 Å². The number of carbonyl (C=O) groups excluding carboxylic acids is 1. The van der Waals surface area contributed by atoms with E-state index in [-0.39, 0.29) is 28.4 Å². The molecule has 1 aromatic rings. The number of nitrogens with one attached hydrogen (secondary N) is 1. The molecular formula is C15H20Cl2N2O2. The van der Waals surface area contributed by atoms with E-state index < -0.39 is 0 Å². The number of hydrogen-bond donors (Lipinski definition) is 1. The zero-order valence-electron chi connectivity index (χ0n) is 12.3. The third kappa shape index (κ3) is 3.87. The van der Waals surface area contributed by atoms with Crippen molar-refractivity contribution in [1.29, 1.82) is 0 Å². The van der Waals surface area contributed by atoms with Crippen LogP contribution in [0.25, 0.3) is 0 Å². The molecule has 0 bridgehead atoms. The maximum absolute atomic E-state index is 12.3. The molecule has 1 fully saturated rings. The number of ether oxygens (including phenoxy) is 1. The second-order valence-electron chi connectivity index (χ2n) is 5.37. The van der Waals surface area contributed by atoms with Gasteiger partial charge in [0, 0.05) is 12.6 Å². The molecule has 0 radical (unpaired) electrons. The Hall–Kier alpha value is -0.840. The van der Waals surface area contributed by atoms with Crippen LogP contribution in [0.4, 0.5) is 0 Å². The standard InChI is InChI=1S/C15H20Cl2N2O2/c1-3-15(4-2)9-10(7-8-21-15)18-14(20)13-11(16)5-6-12(17)19-13/h5-6,10H,3-4,7-9H2,1-2H3,(H,18,20). The summed E-state index contributed by atoms with van der Waals surface area (Å²) >= 11 is 11.8. The molecule has 0 saturated carbocycles. The van der Waals surface area contributed by atoms with Crippen molar-refractivity contribution in [1.82, 2.24) is 10.3 Å². The molecule has 1 aliphatic rings. The van der Waals surface area contributed by atoms with Gasteiger partial charge in [0.1, 0.15) is 10.8 Å². The van der Waals surface area contributed by atoms with E-state index in [0.717, 1.165) is 25.7 Å². The molecule has 2 rings (SSSR count). The second-order valence-corrected chi connectivity index (χ2v) is 6.16. The summed E-state index contributed by atoms with van der Waals surface area (Å²) in [5.74, 6) is -0.282. The minimum Gasteiger partial charge on any atom is -0.375 e. The zero-order chi connectivity index (χ0) is 15.5. The first-order valence-electron chi connectivity index (χ1n) is 7.26. The minimum atomic E-state index is -0.282. The Labute approximate surface area is 135 Å². The molecule has 1 aromatic heterocycles. The average molecular weight is 331 g/mol. The molecule has 0 aromatic carbocycles. The number of amides is 1. The molecule has 4 nitrogen and oxygen atoms in total. The van der Waals surface area contributed by atoms with Crippen LogP contribution in [0.1, 0.15) is 50.0 Å². The molecule has 116 valence electrons. The Morgan fingerprint density at radius 3 is 2.81 bits per heavy atom. The van der Waals surface area contributed by atoms with Crippen molar-refractivity contribution in [2.45, 2.75) is 51.2 Å². The molecule has 1 aliphatic heterocycles. The van der Waals surface area contributed by atoms with E-state index in [0.29, 0.717) is 11.6 Å². The van der Waals surface area contributed by atoms with Crippen molar-refractivity contribution >= 4 is 29.1 Å². The van der Waals surface area contributed by atoms with Gasteiger partial charge in [0.25, 0.3) is 5.91 Å². The minimum absolute atomic E-state index is 0.0722. The van der Waals surface area contributed by atoms with Crippen LogP contribution >= 0.6 is 23.2 Å². The van der Waals surface area contributed by atoms with Gasteiger partial charge in [-0.1, -0.05) is 37.0 Å². The largest absolute Gasteiger partial charge is 0.375 e. The van der Waals surface area contributed by atoms with Crippen LogP contribution in [0.15, 0.2) is 12.1 Å². The number of pyridine rings is 1. The van der Waals surface area contributed by atoms with E-state index in [1.807, 2.05) is 0 Å². The molecule has 6 heteroatoms. The molecule has 21 heavy (non-hydrogen) atoms. The Balaban J connectivity index is 2.07. The fourth-order valence-electron chi connectivity index (χ4n) is 2.73. The predicted octanol–water partition coefficient (Wildman–Crippen LogP) is 3.86. The first-order chi connectivity index (χ1) is 9.99. The summed E-state index contributed by atoms with van der Waals surface area (Å²) in [6, 6.07) is 3.22. The highest BCUT2D eigenvalue weighted by Gasteiger charge is 2.35. The van der Waals surface area contributed by atoms with Gasteiger partial charge in [-0.15, -0.1) is 0 Å². The summed E-state index contributed by atoms with van der Waals surface area (Å²) in [6.45, 7) is 4.88. The van der Waals surface area contributed by atoms with Gasteiger partial charge in [-0.3, -0.25) is 4.79 Å². The molecule has 0 spiro atoms. The van der Waals surface area contributed by atoms with E-state index in [1.165, 1.54) is 0 Å². The number of carbonyl (C=O) groups is 1. The molecule has 0 aliphatic carbocycles. The van der Waals surface area contributed by atoms with Crippen molar-refractivity contribution in [2.24, 2.45) is 0 Å². The van der Waals surface area contributed by atoms with E-state index in [9.17, 15) is 4.79 Å². The highest BCUT2D eigenvalue weighted by molar-refractivity contribution is 6.34. The monoisotopic (exact) mass is 330 g/mol. The summed E-state index contributed by atoms with van der Waals surface area (Å²) in [7, 11) is 0. The highest BCUT2D eigenvalue weighted by Crippen LogP contribution is 2.31. The number of rotatable bonds is 4. The average Bonchev–Trinajstić information content (AvgIpc) is 2.49. The smallest absolute Gasteiger partial charge is 0.271 e. The molecular weight excluding hydrogens is 311 g/mol. The van der Waals surface area contributed by atoms with Crippen molar-refractivity contribution < 1.29 is 9.53 Å². The lowest BCUT2D eigenvalue weighted by atomic mass is 9.86. The van der Waals surface area contributed by atoms with Crippen molar-refractivity contribution in [3.8, 4) is 0 Å². The highest BCUT2D eigenvalue weighted by atomic mass is 35.5. The normalized spacial score (nSPS) is 21.0. The summed E-state index contributed by atoms with van der Waals surface area (Å²) in [6.07, 6.45) is 3.48. The number of aromatic nitrogens is 1. The fourth-order valence-corrected chi connectivity index (χ4v) is 3.06. The predicted molar refractivity (Wildman–Crippen MR) is 84.0 cm³/mol. The van der Waals surface area contributed by atoms with Gasteiger partial charge in [-0.25, -0.2) is 4.98 Å². The molecule has 1 amide bonds. The lowest BCUT2D eigenvalue weighted by Gasteiger charge is -2.40. The topological polar surface area (TPSA) is 51.2 Å². The van der Waals surface area contributed by atoms with Crippen LogP contribution in [0.5, 0.6) is 0 Å². The Kier molecular flexibility index (Phi) is 5.47. The van der Waals surface area contributed by atoms with Gasteiger partial charge in [-0.05, 0) is 37.8 Å². The zero-order valence-corrected chi connectivity index (χ0v) is 13.8. The van der Waals surface area contributed by atoms with Gasteiger partial charge in [0.2, 0.25) is 0 Å². The number of nitrogens with zero attached hydrogens (tertiary/aromatic N) is 1. The number of hydrogen-bond acceptors (Lipinski definition) is 3.